The zero-order valence-corrected chi connectivity index (χ0v) is 26.0. The van der Waals surface area contributed by atoms with Crippen LogP contribution in [0.3, 0.4) is 0 Å². The molecule has 2 aromatic carbocycles. The van der Waals surface area contributed by atoms with E-state index < -0.39 is 62.8 Å². The summed E-state index contributed by atoms with van der Waals surface area (Å²) in [6.07, 6.45) is -5.83. The summed E-state index contributed by atoms with van der Waals surface area (Å²) in [5.74, 6) is -10.7. The number of phenolic OH excluding ortho intramolecular Hbond substituents is 1. The van der Waals surface area contributed by atoms with Crippen LogP contribution in [0.25, 0.3) is 0 Å². The Bertz CT molecular complexity index is 1430. The van der Waals surface area contributed by atoms with Crippen molar-refractivity contribution in [3.8, 4) is 11.5 Å². The monoisotopic (exact) mass is 651 g/mol. The van der Waals surface area contributed by atoms with Gasteiger partial charge in [0.2, 0.25) is 5.75 Å². The molecule has 44 heavy (non-hydrogen) atoms. The molecule has 0 radical (unpaired) electrons. The van der Waals surface area contributed by atoms with Gasteiger partial charge in [-0.2, -0.15) is 22.0 Å². The van der Waals surface area contributed by atoms with E-state index in [1.165, 1.54) is 0 Å². The Morgan fingerprint density at radius 1 is 1.00 bits per heavy atom. The van der Waals surface area contributed by atoms with Crippen molar-refractivity contribution in [3.63, 3.8) is 0 Å². The van der Waals surface area contributed by atoms with Gasteiger partial charge in [0.15, 0.2) is 6.10 Å². The minimum atomic E-state index is -6.32. The molecule has 15 heteroatoms. The summed E-state index contributed by atoms with van der Waals surface area (Å²) < 4.78 is 70.9. The highest BCUT2D eigenvalue weighted by molar-refractivity contribution is 6.35. The van der Waals surface area contributed by atoms with Crippen LogP contribution in [0.4, 0.5) is 39.0 Å². The minimum Gasteiger partial charge on any atom is -0.501 e. The Morgan fingerprint density at radius 2 is 1.57 bits per heavy atom. The minimum absolute atomic E-state index is 0.0945. The quantitative estimate of drug-likeness (QED) is 0.0916. The number of amides is 2. The van der Waals surface area contributed by atoms with E-state index in [-0.39, 0.29) is 17.3 Å². The predicted octanol–water partition coefficient (Wildman–Crippen LogP) is 8.26. The lowest BCUT2D eigenvalue weighted by Crippen LogP contribution is -2.47. The third kappa shape index (κ3) is 7.51. The van der Waals surface area contributed by atoms with Crippen LogP contribution in [0.15, 0.2) is 24.3 Å². The third-order valence-corrected chi connectivity index (χ3v) is 8.03. The van der Waals surface area contributed by atoms with E-state index in [1.807, 2.05) is 32.9 Å². The van der Waals surface area contributed by atoms with Crippen LogP contribution < -0.4 is 15.4 Å². The summed E-state index contributed by atoms with van der Waals surface area (Å²) in [5.41, 5.74) is -2.13. The van der Waals surface area contributed by atoms with Gasteiger partial charge in [-0.3, -0.25) is 19.7 Å². The van der Waals surface area contributed by atoms with Crippen LogP contribution in [0.2, 0.25) is 5.02 Å². The number of anilines is 2. The number of alkyl halides is 5. The van der Waals surface area contributed by atoms with Crippen molar-refractivity contribution in [2.75, 3.05) is 10.6 Å². The first-order valence-corrected chi connectivity index (χ1v) is 14.0. The number of nitrogens with one attached hydrogen (secondary N) is 2. The molecule has 0 aliphatic heterocycles. The van der Waals surface area contributed by atoms with Crippen molar-refractivity contribution in [1.82, 2.24) is 0 Å². The summed E-state index contributed by atoms with van der Waals surface area (Å²) in [6, 6.07) is 6.33. The SMILES string of the molecule is CCC(Oc1ccc(C(C)(C)CC)cc1C(C)(C)CC)C(=O)Nc1cc(Cl)c(NC(=O)C(F)(F)C(F)(F)F)c([N+](=O)[O-])c1O. The fourth-order valence-corrected chi connectivity index (χ4v) is 4.25. The molecular formula is C29H35ClF5N3O6. The maximum absolute atomic E-state index is 13.5. The van der Waals surface area contributed by atoms with E-state index in [1.54, 1.807) is 13.0 Å². The molecule has 0 saturated heterocycles. The molecule has 2 aromatic rings. The Labute approximate surface area is 256 Å². The number of carbonyl (C=O) groups excluding carboxylic acids is 2. The molecule has 0 aromatic heterocycles. The maximum atomic E-state index is 13.5. The summed E-state index contributed by atoms with van der Waals surface area (Å²) in [5, 5.41) is 24.6. The van der Waals surface area contributed by atoms with Gasteiger partial charge in [0, 0.05) is 5.56 Å². The molecule has 0 bridgehead atoms. The van der Waals surface area contributed by atoms with Gasteiger partial charge >= 0.3 is 23.7 Å². The van der Waals surface area contributed by atoms with Crippen LogP contribution in [0, 0.1) is 10.1 Å². The number of ether oxygens (including phenoxy) is 1. The summed E-state index contributed by atoms with van der Waals surface area (Å²) in [6.45, 7) is 13.9. The third-order valence-electron chi connectivity index (χ3n) is 7.74. The number of nitro benzene ring substituents is 1. The van der Waals surface area contributed by atoms with Crippen molar-refractivity contribution >= 4 is 40.5 Å². The normalized spacial score (nSPS) is 13.3. The molecule has 1 atom stereocenters. The fraction of sp³-hybridized carbons (Fsp3) is 0.517. The molecule has 0 saturated carbocycles. The van der Waals surface area contributed by atoms with Gasteiger partial charge in [-0.05, 0) is 47.8 Å². The first-order chi connectivity index (χ1) is 20.0. The van der Waals surface area contributed by atoms with Crippen LogP contribution >= 0.6 is 11.6 Å². The molecule has 0 aliphatic rings. The number of nitrogens with zero attached hydrogens (tertiary/aromatic N) is 1. The van der Waals surface area contributed by atoms with Gasteiger partial charge in [0.1, 0.15) is 11.4 Å². The van der Waals surface area contributed by atoms with E-state index in [2.05, 4.69) is 26.1 Å². The Hall–Kier alpha value is -3.68. The largest absolute Gasteiger partial charge is 0.501 e. The highest BCUT2D eigenvalue weighted by Gasteiger charge is 2.63. The van der Waals surface area contributed by atoms with Crippen LogP contribution in [-0.4, -0.2) is 40.0 Å². The lowest BCUT2D eigenvalue weighted by Gasteiger charge is -2.31. The Kier molecular flexibility index (Phi) is 10.9. The molecule has 0 aliphatic carbocycles. The van der Waals surface area contributed by atoms with Gasteiger partial charge in [-0.1, -0.05) is 72.2 Å². The maximum Gasteiger partial charge on any atom is 0.463 e. The number of nitro groups is 1. The number of hydrogen-bond donors (Lipinski definition) is 3. The zero-order chi connectivity index (χ0) is 34.0. The van der Waals surface area contributed by atoms with Crippen molar-refractivity contribution in [1.29, 1.82) is 0 Å². The molecule has 0 heterocycles. The standard InChI is InChI=1S/C29H35ClF5N3O6/c1-8-19(44-20-12-11-15(26(4,5)9-2)13-16(20)27(6,7)10-3)24(40)36-18-14-17(30)21(22(23(18)39)38(42)43)37-25(41)28(31,32)29(33,34)35/h11-14,19,39H,8-10H2,1-7H3,(H,36,40)(H,37,41). The van der Waals surface area contributed by atoms with E-state index in [9.17, 15) is 46.8 Å². The predicted molar refractivity (Wildman–Crippen MR) is 156 cm³/mol. The van der Waals surface area contributed by atoms with Gasteiger partial charge < -0.3 is 20.5 Å². The number of hydrogen-bond acceptors (Lipinski definition) is 6. The molecule has 2 rings (SSSR count). The second kappa shape index (κ2) is 13.1. The number of phenols is 1. The van der Waals surface area contributed by atoms with Crippen molar-refractivity contribution < 1.29 is 46.3 Å². The van der Waals surface area contributed by atoms with Crippen molar-refractivity contribution in [2.24, 2.45) is 0 Å². The molecule has 0 fully saturated rings. The Morgan fingerprint density at radius 3 is 2.05 bits per heavy atom. The van der Waals surface area contributed by atoms with E-state index in [0.717, 1.165) is 29.3 Å². The summed E-state index contributed by atoms with van der Waals surface area (Å²) in [7, 11) is 0. The van der Waals surface area contributed by atoms with Crippen LogP contribution in [0.1, 0.15) is 78.9 Å². The summed E-state index contributed by atoms with van der Waals surface area (Å²) >= 11 is 5.90. The topological polar surface area (TPSA) is 131 Å². The van der Waals surface area contributed by atoms with Crippen molar-refractivity contribution in [2.45, 2.75) is 96.8 Å². The van der Waals surface area contributed by atoms with E-state index in [0.29, 0.717) is 11.8 Å². The first-order valence-electron chi connectivity index (χ1n) is 13.6. The molecular weight excluding hydrogens is 617 g/mol. The Balaban J connectivity index is 2.49. The molecule has 3 N–H and O–H groups in total. The molecule has 0 spiro atoms. The number of carbonyl (C=O) groups is 2. The smallest absolute Gasteiger partial charge is 0.463 e. The molecule has 244 valence electrons. The average molecular weight is 652 g/mol. The van der Waals surface area contributed by atoms with Gasteiger partial charge in [-0.25, -0.2) is 0 Å². The van der Waals surface area contributed by atoms with Crippen LogP contribution in [0.5, 0.6) is 11.5 Å². The number of benzene rings is 2. The molecule has 1 unspecified atom stereocenters. The van der Waals surface area contributed by atoms with Crippen LogP contribution in [-0.2, 0) is 20.4 Å². The van der Waals surface area contributed by atoms with E-state index in [4.69, 9.17) is 16.3 Å². The highest BCUT2D eigenvalue weighted by Crippen LogP contribution is 2.46. The lowest BCUT2D eigenvalue weighted by molar-refractivity contribution is -0.384. The number of halogens is 6. The fourth-order valence-electron chi connectivity index (χ4n) is 4.00. The number of rotatable bonds is 12. The van der Waals surface area contributed by atoms with Crippen molar-refractivity contribution in [3.05, 3.63) is 50.5 Å². The number of aromatic hydroxyl groups is 1. The first kappa shape index (κ1) is 36.5. The molecule has 2 amide bonds. The van der Waals surface area contributed by atoms with E-state index >= 15 is 0 Å². The second-order valence-electron chi connectivity index (χ2n) is 11.5. The highest BCUT2D eigenvalue weighted by atomic mass is 35.5. The summed E-state index contributed by atoms with van der Waals surface area (Å²) in [4.78, 5) is 35.2. The zero-order valence-electron chi connectivity index (χ0n) is 25.2. The molecule has 9 nitrogen and oxygen atoms in total. The lowest BCUT2D eigenvalue weighted by atomic mass is 9.76. The van der Waals surface area contributed by atoms with Gasteiger partial charge in [-0.15, -0.1) is 0 Å². The van der Waals surface area contributed by atoms with Gasteiger partial charge in [0.05, 0.1) is 15.6 Å². The second-order valence-corrected chi connectivity index (χ2v) is 11.9. The van der Waals surface area contributed by atoms with Gasteiger partial charge in [0.25, 0.3) is 5.91 Å². The average Bonchev–Trinajstić information content (AvgIpc) is 2.93.